The van der Waals surface area contributed by atoms with E-state index in [0.29, 0.717) is 0 Å². The van der Waals surface area contributed by atoms with Crippen LogP contribution in [0.4, 0.5) is 0 Å². The molecular formula is C5H10I2. The van der Waals surface area contributed by atoms with Gasteiger partial charge in [0, 0.05) is 0 Å². The van der Waals surface area contributed by atoms with Crippen molar-refractivity contribution in [3.05, 3.63) is 0 Å². The Morgan fingerprint density at radius 2 is 2.00 bits per heavy atom. The predicted molar refractivity (Wildman–Crippen MR) is 51.4 cm³/mol. The van der Waals surface area contributed by atoms with Crippen molar-refractivity contribution in [2.45, 2.75) is 28.1 Å². The van der Waals surface area contributed by atoms with E-state index in [1.54, 1.807) is 0 Å². The summed E-state index contributed by atoms with van der Waals surface area (Å²) in [6.07, 6.45) is 4.09. The summed E-state index contributed by atoms with van der Waals surface area (Å²) < 4.78 is 0.843. The fourth-order valence-corrected chi connectivity index (χ4v) is 1.24. The number of hydrogen-bond donors (Lipinski definition) is 0. The second-order valence-electron chi connectivity index (χ2n) is 1.53. The zero-order valence-corrected chi connectivity index (χ0v) is 8.77. The number of unbranched alkanes of at least 4 members (excludes halogenated alkanes) is 1. The lowest BCUT2D eigenvalue weighted by atomic mass is 10.3. The van der Waals surface area contributed by atoms with E-state index in [4.69, 9.17) is 0 Å². The minimum absolute atomic E-state index is 0.843. The highest BCUT2D eigenvalue weighted by atomic mass is 127. The molecule has 0 aliphatic heterocycles. The van der Waals surface area contributed by atoms with E-state index in [1.165, 1.54) is 19.3 Å². The largest absolute Gasteiger partial charge is 0.0710 e. The Morgan fingerprint density at radius 1 is 1.43 bits per heavy atom. The van der Waals surface area contributed by atoms with Crippen LogP contribution < -0.4 is 0 Å². The summed E-state index contributed by atoms with van der Waals surface area (Å²) in [5.41, 5.74) is 0. The molecule has 2 heteroatoms. The Morgan fingerprint density at radius 3 is 2.14 bits per heavy atom. The normalized spacial score (nSPS) is 10.3. The van der Waals surface area contributed by atoms with E-state index in [2.05, 4.69) is 52.1 Å². The Kier molecular flexibility index (Phi) is 6.76. The van der Waals surface area contributed by atoms with Crippen LogP contribution in [-0.2, 0) is 0 Å². The molecule has 0 spiro atoms. The van der Waals surface area contributed by atoms with Crippen LogP contribution in [0.5, 0.6) is 0 Å². The van der Waals surface area contributed by atoms with Crippen LogP contribution in [-0.4, -0.2) is 1.93 Å². The number of halogens is 2. The van der Waals surface area contributed by atoms with E-state index in [-0.39, 0.29) is 0 Å². The summed E-state index contributed by atoms with van der Waals surface area (Å²) in [4.78, 5) is 0. The molecule has 0 rings (SSSR count). The van der Waals surface area contributed by atoms with E-state index >= 15 is 0 Å². The Hall–Kier alpha value is 1.46. The van der Waals surface area contributed by atoms with E-state index in [9.17, 15) is 0 Å². The molecule has 0 saturated carbocycles. The van der Waals surface area contributed by atoms with Crippen LogP contribution >= 0.6 is 45.2 Å². The number of hydrogen-bond acceptors (Lipinski definition) is 0. The minimum atomic E-state index is 0.843. The summed E-state index contributed by atoms with van der Waals surface area (Å²) in [7, 11) is 0. The highest BCUT2D eigenvalue weighted by Crippen LogP contribution is 2.16. The van der Waals surface area contributed by atoms with E-state index in [1.807, 2.05) is 0 Å². The molecule has 0 bridgehead atoms. The van der Waals surface area contributed by atoms with Crippen molar-refractivity contribution in [1.82, 2.24) is 0 Å². The molecular weight excluding hydrogens is 314 g/mol. The van der Waals surface area contributed by atoms with Gasteiger partial charge in [-0.2, -0.15) is 0 Å². The van der Waals surface area contributed by atoms with Crippen LogP contribution in [0, 0.1) is 0 Å². The van der Waals surface area contributed by atoms with Crippen LogP contribution in [0.1, 0.15) is 26.2 Å². The van der Waals surface area contributed by atoms with Gasteiger partial charge in [0.1, 0.15) is 0 Å². The van der Waals surface area contributed by atoms with Crippen LogP contribution in [0.2, 0.25) is 0 Å². The van der Waals surface area contributed by atoms with Crippen molar-refractivity contribution in [2.75, 3.05) is 0 Å². The van der Waals surface area contributed by atoms with Gasteiger partial charge in [0.25, 0.3) is 0 Å². The zero-order valence-electron chi connectivity index (χ0n) is 4.45. The van der Waals surface area contributed by atoms with Crippen molar-refractivity contribution < 1.29 is 0 Å². The van der Waals surface area contributed by atoms with Gasteiger partial charge in [-0.3, -0.25) is 0 Å². The molecule has 0 aromatic rings. The quantitative estimate of drug-likeness (QED) is 0.552. The maximum atomic E-state index is 2.45. The van der Waals surface area contributed by atoms with Crippen molar-refractivity contribution in [3.63, 3.8) is 0 Å². The molecule has 0 saturated heterocycles. The SMILES string of the molecule is CCCCC(I)I. The molecule has 0 unspecified atom stereocenters. The Balaban J connectivity index is 2.68. The molecule has 0 N–H and O–H groups in total. The molecule has 0 fully saturated rings. The summed E-state index contributed by atoms with van der Waals surface area (Å²) in [5, 5.41) is 0. The van der Waals surface area contributed by atoms with Gasteiger partial charge in [-0.1, -0.05) is 64.9 Å². The second-order valence-corrected chi connectivity index (χ2v) is 6.92. The molecule has 0 amide bonds. The van der Waals surface area contributed by atoms with Gasteiger partial charge in [-0.25, -0.2) is 0 Å². The van der Waals surface area contributed by atoms with Gasteiger partial charge in [-0.15, -0.1) is 0 Å². The van der Waals surface area contributed by atoms with Crippen LogP contribution in [0.25, 0.3) is 0 Å². The lowest BCUT2D eigenvalue weighted by molar-refractivity contribution is 0.778. The second kappa shape index (κ2) is 5.59. The molecule has 0 aliphatic rings. The molecule has 0 aromatic carbocycles. The third-order valence-corrected chi connectivity index (χ3v) is 2.02. The monoisotopic (exact) mass is 324 g/mol. The van der Waals surface area contributed by atoms with Crippen molar-refractivity contribution >= 4 is 45.2 Å². The first-order chi connectivity index (χ1) is 3.27. The van der Waals surface area contributed by atoms with Gasteiger partial charge in [0.15, 0.2) is 0 Å². The molecule has 0 aliphatic carbocycles. The van der Waals surface area contributed by atoms with Crippen molar-refractivity contribution in [3.8, 4) is 0 Å². The first-order valence-electron chi connectivity index (χ1n) is 2.55. The van der Waals surface area contributed by atoms with Gasteiger partial charge in [0.2, 0.25) is 0 Å². The van der Waals surface area contributed by atoms with E-state index in [0.717, 1.165) is 1.93 Å². The summed E-state index contributed by atoms with van der Waals surface area (Å²) >= 11 is 4.90. The molecule has 44 valence electrons. The molecule has 7 heavy (non-hydrogen) atoms. The fraction of sp³-hybridized carbons (Fsp3) is 1.00. The number of rotatable bonds is 3. The molecule has 0 nitrogen and oxygen atoms in total. The summed E-state index contributed by atoms with van der Waals surface area (Å²) in [5.74, 6) is 0. The smallest absolute Gasteiger partial charge is 0.0626 e. The van der Waals surface area contributed by atoms with Crippen LogP contribution in [0.15, 0.2) is 0 Å². The lowest BCUT2D eigenvalue weighted by Gasteiger charge is -1.95. The third-order valence-electron chi connectivity index (χ3n) is 0.776. The summed E-state index contributed by atoms with van der Waals surface area (Å²) in [6, 6.07) is 0. The average Bonchev–Trinajstić information content (AvgIpc) is 1.61. The van der Waals surface area contributed by atoms with Gasteiger partial charge >= 0.3 is 0 Å². The average molecular weight is 324 g/mol. The molecule has 0 heterocycles. The fourth-order valence-electron chi connectivity index (χ4n) is 0.358. The topological polar surface area (TPSA) is 0 Å². The van der Waals surface area contributed by atoms with Crippen molar-refractivity contribution in [1.29, 1.82) is 0 Å². The highest BCUT2D eigenvalue weighted by molar-refractivity contribution is 14.2. The van der Waals surface area contributed by atoms with Gasteiger partial charge in [0.05, 0.1) is 1.93 Å². The highest BCUT2D eigenvalue weighted by Gasteiger charge is 1.92. The first-order valence-corrected chi connectivity index (χ1v) is 5.04. The van der Waals surface area contributed by atoms with Gasteiger partial charge < -0.3 is 0 Å². The van der Waals surface area contributed by atoms with E-state index < -0.39 is 0 Å². The maximum Gasteiger partial charge on any atom is 0.0626 e. The molecule has 0 aromatic heterocycles. The standard InChI is InChI=1S/C5H10I2/c1-2-3-4-5(6)7/h5H,2-4H2,1H3. The first kappa shape index (κ1) is 8.46. The Bertz CT molecular complexity index is 35.1. The maximum absolute atomic E-state index is 2.45. The molecule has 0 atom stereocenters. The zero-order chi connectivity index (χ0) is 5.70. The predicted octanol–water partition coefficient (Wildman–Crippen LogP) is 3.37. The van der Waals surface area contributed by atoms with Crippen molar-refractivity contribution in [2.24, 2.45) is 0 Å². The van der Waals surface area contributed by atoms with Crippen LogP contribution in [0.3, 0.4) is 0 Å². The third kappa shape index (κ3) is 7.46. The summed E-state index contributed by atoms with van der Waals surface area (Å²) in [6.45, 7) is 2.23. The van der Waals surface area contributed by atoms with Gasteiger partial charge in [-0.05, 0) is 6.42 Å². The Labute approximate surface area is 72.7 Å². The minimum Gasteiger partial charge on any atom is -0.0710 e. The molecule has 0 radical (unpaired) electrons. The number of alkyl halides is 2. The lowest BCUT2D eigenvalue weighted by Crippen LogP contribution is -1.81.